The van der Waals surface area contributed by atoms with Crippen LogP contribution in [0.4, 0.5) is 0 Å². The third kappa shape index (κ3) is 2.84. The van der Waals surface area contributed by atoms with E-state index in [-0.39, 0.29) is 12.1 Å². The lowest BCUT2D eigenvalue weighted by molar-refractivity contribution is 0.312. The average molecular weight is 376 g/mol. The van der Waals surface area contributed by atoms with Crippen LogP contribution in [0, 0.1) is 6.92 Å². The predicted octanol–water partition coefficient (Wildman–Crippen LogP) is 4.17. The van der Waals surface area contributed by atoms with Gasteiger partial charge in [-0.3, -0.25) is 9.98 Å². The molecule has 0 aromatic carbocycles. The molecule has 0 spiro atoms. The van der Waals surface area contributed by atoms with E-state index in [9.17, 15) is 0 Å². The Labute approximate surface area is 163 Å². The second kappa shape index (κ2) is 6.53. The molecule has 6 heteroatoms. The van der Waals surface area contributed by atoms with Crippen molar-refractivity contribution < 1.29 is 0 Å². The molecule has 0 N–H and O–H groups in total. The molecule has 136 valence electrons. The molecule has 0 aliphatic carbocycles. The Kier molecular flexibility index (Phi) is 4.01. The number of thioether (sulfide) groups is 1. The summed E-state index contributed by atoms with van der Waals surface area (Å²) in [4.78, 5) is 16.8. The summed E-state index contributed by atoms with van der Waals surface area (Å²) >= 11 is 1.86. The molecule has 2 aliphatic rings. The quantitative estimate of drug-likeness (QED) is 0.689. The Morgan fingerprint density at radius 3 is 2.78 bits per heavy atom. The molecule has 3 aromatic heterocycles. The fourth-order valence-electron chi connectivity index (χ4n) is 3.88. The van der Waals surface area contributed by atoms with Gasteiger partial charge < -0.3 is 9.47 Å². The Morgan fingerprint density at radius 1 is 1.07 bits per heavy atom. The van der Waals surface area contributed by atoms with Gasteiger partial charge in [0.1, 0.15) is 11.9 Å². The van der Waals surface area contributed by atoms with Crippen LogP contribution in [0.5, 0.6) is 0 Å². The second-order valence-electron chi connectivity index (χ2n) is 7.13. The van der Waals surface area contributed by atoms with E-state index in [1.807, 2.05) is 36.3 Å². The monoisotopic (exact) mass is 375 g/mol. The highest BCUT2D eigenvalue weighted by Crippen LogP contribution is 2.47. The van der Waals surface area contributed by atoms with Crippen LogP contribution in [-0.4, -0.2) is 36.4 Å². The van der Waals surface area contributed by atoms with Gasteiger partial charge in [0.2, 0.25) is 0 Å². The lowest BCUT2D eigenvalue weighted by atomic mass is 10.0. The number of hydrogen-bond donors (Lipinski definition) is 0. The number of rotatable bonds is 3. The average Bonchev–Trinajstić information content (AvgIpc) is 3.37. The number of nitrogens with zero attached hydrogens (tertiary/aromatic N) is 5. The highest BCUT2D eigenvalue weighted by atomic mass is 32.2. The molecule has 5 rings (SSSR count). The van der Waals surface area contributed by atoms with Crippen LogP contribution in [0.1, 0.15) is 36.0 Å². The van der Waals surface area contributed by atoms with Crippen molar-refractivity contribution in [3.05, 3.63) is 78.0 Å². The molecule has 27 heavy (non-hydrogen) atoms. The summed E-state index contributed by atoms with van der Waals surface area (Å²) in [6, 6.07) is 14.7. The smallest absolute Gasteiger partial charge is 0.160 e. The molecule has 0 unspecified atom stereocenters. The van der Waals surface area contributed by atoms with Crippen LogP contribution in [-0.2, 0) is 0 Å². The zero-order valence-electron chi connectivity index (χ0n) is 15.4. The van der Waals surface area contributed by atoms with E-state index in [2.05, 4.69) is 69.8 Å². The maximum Gasteiger partial charge on any atom is 0.160 e. The molecular weight excluding hydrogens is 354 g/mol. The van der Waals surface area contributed by atoms with Crippen LogP contribution in [0.15, 0.2) is 66.0 Å². The van der Waals surface area contributed by atoms with Crippen LogP contribution in [0.3, 0.4) is 0 Å². The fraction of sp³-hybridized carbons (Fsp3) is 0.286. The standard InChI is InChI=1S/C21H21N5S/c1-14-8-9-18(23-12-14)25-11-5-7-17(25)20-19(16-6-3-4-10-22-16)24-21-26(20)13-15(2)27-21/h3-12,15,19-20H,13H2,1-2H3/t15-,19-,20-/m0/s1. The van der Waals surface area contributed by atoms with Gasteiger partial charge in [0, 0.05) is 36.1 Å². The third-order valence-corrected chi connectivity index (χ3v) is 6.21. The number of fused-ring (bicyclic) bond motifs is 1. The lowest BCUT2D eigenvalue weighted by Gasteiger charge is -2.28. The summed E-state index contributed by atoms with van der Waals surface area (Å²) in [5.74, 6) is 0.939. The van der Waals surface area contributed by atoms with E-state index >= 15 is 0 Å². The van der Waals surface area contributed by atoms with E-state index in [4.69, 9.17) is 4.99 Å². The van der Waals surface area contributed by atoms with Crippen molar-refractivity contribution in [2.75, 3.05) is 6.54 Å². The first kappa shape index (κ1) is 16.6. The fourth-order valence-corrected chi connectivity index (χ4v) is 4.98. The van der Waals surface area contributed by atoms with Crippen molar-refractivity contribution in [1.29, 1.82) is 0 Å². The number of hydrogen-bond acceptors (Lipinski definition) is 5. The zero-order valence-corrected chi connectivity index (χ0v) is 16.2. The van der Waals surface area contributed by atoms with Gasteiger partial charge in [0.15, 0.2) is 5.17 Å². The molecule has 1 fully saturated rings. The minimum absolute atomic E-state index is 0.000276. The molecule has 0 saturated carbocycles. The topological polar surface area (TPSA) is 46.3 Å². The number of amidine groups is 1. The maximum absolute atomic E-state index is 5.07. The van der Waals surface area contributed by atoms with Gasteiger partial charge in [0.25, 0.3) is 0 Å². The van der Waals surface area contributed by atoms with Gasteiger partial charge in [-0.15, -0.1) is 0 Å². The van der Waals surface area contributed by atoms with E-state index in [1.165, 1.54) is 5.69 Å². The number of aryl methyl sites for hydroxylation is 1. The van der Waals surface area contributed by atoms with Gasteiger partial charge in [0.05, 0.1) is 11.7 Å². The van der Waals surface area contributed by atoms with Crippen LogP contribution in [0.25, 0.3) is 5.82 Å². The second-order valence-corrected chi connectivity index (χ2v) is 8.54. The van der Waals surface area contributed by atoms with E-state index in [0.29, 0.717) is 5.25 Å². The highest BCUT2D eigenvalue weighted by Gasteiger charge is 2.44. The number of pyridine rings is 2. The van der Waals surface area contributed by atoms with Crippen molar-refractivity contribution in [1.82, 2.24) is 19.4 Å². The molecule has 0 bridgehead atoms. The first-order valence-corrected chi connectivity index (χ1v) is 10.1. The summed E-state index contributed by atoms with van der Waals surface area (Å²) < 4.78 is 2.19. The first-order valence-electron chi connectivity index (χ1n) is 9.23. The molecule has 5 heterocycles. The summed E-state index contributed by atoms with van der Waals surface area (Å²) in [6.07, 6.45) is 5.86. The van der Waals surface area contributed by atoms with Crippen molar-refractivity contribution in [2.24, 2.45) is 4.99 Å². The molecule has 2 aliphatic heterocycles. The Bertz CT molecular complexity index is 979. The van der Waals surface area contributed by atoms with Crippen LogP contribution in [0.2, 0.25) is 0 Å². The molecule has 3 aromatic rings. The molecule has 1 saturated heterocycles. The van der Waals surface area contributed by atoms with Gasteiger partial charge in [-0.1, -0.05) is 30.8 Å². The first-order chi connectivity index (χ1) is 13.2. The van der Waals surface area contributed by atoms with E-state index in [1.54, 1.807) is 0 Å². The van der Waals surface area contributed by atoms with Crippen molar-refractivity contribution in [3.8, 4) is 5.82 Å². The third-order valence-electron chi connectivity index (χ3n) is 5.11. The van der Waals surface area contributed by atoms with E-state index < -0.39 is 0 Å². The summed E-state index contributed by atoms with van der Waals surface area (Å²) in [5.41, 5.74) is 3.38. The SMILES string of the molecule is Cc1ccc(-n2cccc2[C@H]2[C@H](c3ccccn3)N=C3S[C@@H](C)CN32)nc1. The summed E-state index contributed by atoms with van der Waals surface area (Å²) in [6.45, 7) is 5.33. The molecule has 0 radical (unpaired) electrons. The lowest BCUT2D eigenvalue weighted by Crippen LogP contribution is -2.30. The summed E-state index contributed by atoms with van der Waals surface area (Å²) in [5, 5.41) is 1.68. The van der Waals surface area contributed by atoms with Gasteiger partial charge in [-0.05, 0) is 42.8 Å². The predicted molar refractivity (Wildman–Crippen MR) is 109 cm³/mol. The molecule has 5 nitrogen and oxygen atoms in total. The van der Waals surface area contributed by atoms with Gasteiger partial charge in [-0.25, -0.2) is 4.98 Å². The van der Waals surface area contributed by atoms with Gasteiger partial charge in [-0.2, -0.15) is 0 Å². The number of aliphatic imine (C=N–C) groups is 1. The number of aromatic nitrogens is 3. The highest BCUT2D eigenvalue weighted by molar-refractivity contribution is 8.14. The Hall–Kier alpha value is -2.60. The summed E-state index contributed by atoms with van der Waals surface area (Å²) in [7, 11) is 0. The van der Waals surface area contributed by atoms with Gasteiger partial charge >= 0.3 is 0 Å². The van der Waals surface area contributed by atoms with E-state index in [0.717, 1.165) is 28.8 Å². The Morgan fingerprint density at radius 2 is 2.00 bits per heavy atom. The zero-order chi connectivity index (χ0) is 18.4. The minimum atomic E-state index is 0.000276. The maximum atomic E-state index is 5.07. The molecular formula is C21H21N5S. The minimum Gasteiger partial charge on any atom is -0.339 e. The molecule has 3 atom stereocenters. The van der Waals surface area contributed by atoms with Crippen LogP contribution >= 0.6 is 11.8 Å². The van der Waals surface area contributed by atoms with Crippen molar-refractivity contribution in [2.45, 2.75) is 31.2 Å². The molecule has 0 amide bonds. The Balaban J connectivity index is 1.60. The van der Waals surface area contributed by atoms with Crippen molar-refractivity contribution >= 4 is 16.9 Å². The normalized spacial score (nSPS) is 24.1. The largest absolute Gasteiger partial charge is 0.339 e. The van der Waals surface area contributed by atoms with Crippen LogP contribution < -0.4 is 0 Å². The van der Waals surface area contributed by atoms with Crippen molar-refractivity contribution in [3.63, 3.8) is 0 Å².